The van der Waals surface area contributed by atoms with Crippen molar-refractivity contribution in [1.29, 1.82) is 0 Å². The molecule has 1 atom stereocenters. The molecule has 4 rings (SSSR count). The van der Waals surface area contributed by atoms with Gasteiger partial charge in [-0.3, -0.25) is 9.69 Å². The summed E-state index contributed by atoms with van der Waals surface area (Å²) in [5, 5.41) is 1.69. The SMILES string of the molecule is Cc1ncc(CN2CC[C@]23CCCN(C(=O)CCOc2ccccc2Cl)C3)s1. The number of likely N-dealkylation sites (tertiary alicyclic amines) is 2. The molecular weight excluding hydrogens is 394 g/mol. The van der Waals surface area contributed by atoms with E-state index in [9.17, 15) is 4.79 Å². The van der Waals surface area contributed by atoms with Crippen LogP contribution in [-0.2, 0) is 11.3 Å². The minimum Gasteiger partial charge on any atom is -0.491 e. The molecule has 1 aromatic heterocycles. The molecular formula is C21H26ClN3O2S. The minimum absolute atomic E-state index is 0.148. The van der Waals surface area contributed by atoms with Crippen LogP contribution in [0.4, 0.5) is 0 Å². The van der Waals surface area contributed by atoms with E-state index < -0.39 is 0 Å². The van der Waals surface area contributed by atoms with Crippen LogP contribution in [0.5, 0.6) is 5.75 Å². The van der Waals surface area contributed by atoms with E-state index in [1.807, 2.05) is 36.2 Å². The topological polar surface area (TPSA) is 45.7 Å². The molecule has 0 radical (unpaired) electrons. The molecule has 0 N–H and O–H groups in total. The molecule has 1 amide bonds. The number of benzene rings is 1. The summed E-state index contributed by atoms with van der Waals surface area (Å²) in [4.78, 5) is 23.0. The van der Waals surface area contributed by atoms with Gasteiger partial charge >= 0.3 is 0 Å². The molecule has 0 saturated carbocycles. The largest absolute Gasteiger partial charge is 0.491 e. The van der Waals surface area contributed by atoms with Crippen LogP contribution in [-0.4, -0.2) is 52.5 Å². The standard InChI is InChI=1S/C21H26ClN3O2S/c1-16-23-13-17(28-16)14-25-11-9-21(25)8-4-10-24(15-21)20(26)7-12-27-19-6-3-2-5-18(19)22/h2-3,5-6,13H,4,7-12,14-15H2,1H3/t21-/m0/s1. The predicted molar refractivity (Wildman–Crippen MR) is 112 cm³/mol. The van der Waals surface area contributed by atoms with Crippen LogP contribution in [0.3, 0.4) is 0 Å². The first-order chi connectivity index (χ1) is 13.6. The molecule has 150 valence electrons. The summed E-state index contributed by atoms with van der Waals surface area (Å²) in [6.45, 7) is 6.13. The smallest absolute Gasteiger partial charge is 0.226 e. The van der Waals surface area contributed by atoms with Gasteiger partial charge in [0.15, 0.2) is 0 Å². The predicted octanol–water partition coefficient (Wildman–Crippen LogP) is 4.14. The highest BCUT2D eigenvalue weighted by Crippen LogP contribution is 2.40. The van der Waals surface area contributed by atoms with Gasteiger partial charge in [-0.25, -0.2) is 4.98 Å². The summed E-state index contributed by atoms with van der Waals surface area (Å²) in [6, 6.07) is 7.37. The Bertz CT molecular complexity index is 843. The average Bonchev–Trinajstić information content (AvgIpc) is 3.12. The number of hydrogen-bond acceptors (Lipinski definition) is 5. The molecule has 28 heavy (non-hydrogen) atoms. The van der Waals surface area contributed by atoms with E-state index in [0.717, 1.165) is 37.6 Å². The molecule has 0 bridgehead atoms. The fourth-order valence-corrected chi connectivity index (χ4v) is 5.26. The number of carbonyl (C=O) groups excluding carboxylic acids is 1. The lowest BCUT2D eigenvalue weighted by Crippen LogP contribution is -2.66. The molecule has 2 aliphatic heterocycles. The van der Waals surface area contributed by atoms with Crippen LogP contribution >= 0.6 is 22.9 Å². The van der Waals surface area contributed by atoms with Crippen molar-refractivity contribution >= 4 is 28.8 Å². The quantitative estimate of drug-likeness (QED) is 0.705. The van der Waals surface area contributed by atoms with E-state index in [-0.39, 0.29) is 11.4 Å². The van der Waals surface area contributed by atoms with Gasteiger partial charge in [-0.05, 0) is 38.3 Å². The third-order valence-corrected chi connectivity index (χ3v) is 7.06. The molecule has 2 fully saturated rings. The van der Waals surface area contributed by atoms with E-state index in [1.165, 1.54) is 17.7 Å². The molecule has 5 nitrogen and oxygen atoms in total. The van der Waals surface area contributed by atoms with E-state index >= 15 is 0 Å². The molecule has 2 aliphatic rings. The van der Waals surface area contributed by atoms with Gasteiger partial charge in [0, 0.05) is 42.8 Å². The van der Waals surface area contributed by atoms with Gasteiger partial charge in [-0.1, -0.05) is 23.7 Å². The number of hydrogen-bond donors (Lipinski definition) is 0. The zero-order valence-electron chi connectivity index (χ0n) is 16.2. The summed E-state index contributed by atoms with van der Waals surface area (Å²) in [7, 11) is 0. The van der Waals surface area contributed by atoms with Gasteiger partial charge in [0.05, 0.1) is 23.1 Å². The molecule has 0 unspecified atom stereocenters. The lowest BCUT2D eigenvalue weighted by atomic mass is 9.77. The van der Waals surface area contributed by atoms with Gasteiger partial charge in [-0.2, -0.15) is 0 Å². The number of piperidine rings is 1. The molecule has 2 saturated heterocycles. The number of nitrogens with zero attached hydrogens (tertiary/aromatic N) is 3. The number of aryl methyl sites for hydroxylation is 1. The second-order valence-electron chi connectivity index (χ2n) is 7.69. The molecule has 1 spiro atoms. The van der Waals surface area contributed by atoms with Crippen LogP contribution < -0.4 is 4.74 Å². The minimum atomic E-state index is 0.148. The Morgan fingerprint density at radius 2 is 2.18 bits per heavy atom. The number of rotatable bonds is 6. The summed E-state index contributed by atoms with van der Waals surface area (Å²) in [5.74, 6) is 0.809. The molecule has 1 aromatic carbocycles. The second kappa shape index (κ2) is 8.39. The number of ether oxygens (including phenoxy) is 1. The van der Waals surface area contributed by atoms with Crippen molar-refractivity contribution in [1.82, 2.24) is 14.8 Å². The Kier molecular flexibility index (Phi) is 5.90. The first-order valence-corrected chi connectivity index (χ1v) is 11.1. The summed E-state index contributed by atoms with van der Waals surface area (Å²) >= 11 is 7.88. The monoisotopic (exact) mass is 419 g/mol. The normalized spacial score (nSPS) is 22.3. The Morgan fingerprint density at radius 1 is 1.32 bits per heavy atom. The fourth-order valence-electron chi connectivity index (χ4n) is 4.26. The maximum absolute atomic E-state index is 12.8. The van der Waals surface area contributed by atoms with E-state index in [4.69, 9.17) is 16.3 Å². The van der Waals surface area contributed by atoms with Gasteiger partial charge in [-0.15, -0.1) is 11.3 Å². The average molecular weight is 420 g/mol. The maximum atomic E-state index is 12.8. The van der Waals surface area contributed by atoms with Crippen molar-refractivity contribution in [3.05, 3.63) is 45.4 Å². The molecule has 0 aliphatic carbocycles. The van der Waals surface area contributed by atoms with Gasteiger partial charge in [0.2, 0.25) is 5.91 Å². The van der Waals surface area contributed by atoms with E-state index in [0.29, 0.717) is 23.8 Å². The lowest BCUT2D eigenvalue weighted by molar-refractivity contribution is -0.141. The first kappa shape index (κ1) is 19.7. The van der Waals surface area contributed by atoms with E-state index in [1.54, 1.807) is 17.4 Å². The Balaban J connectivity index is 1.30. The second-order valence-corrected chi connectivity index (χ2v) is 9.42. The Morgan fingerprint density at radius 3 is 2.89 bits per heavy atom. The third kappa shape index (κ3) is 4.19. The molecule has 3 heterocycles. The number of thiazole rings is 1. The van der Waals surface area contributed by atoms with Crippen molar-refractivity contribution in [2.75, 3.05) is 26.2 Å². The van der Waals surface area contributed by atoms with Crippen LogP contribution in [0.2, 0.25) is 5.02 Å². The highest BCUT2D eigenvalue weighted by atomic mass is 35.5. The van der Waals surface area contributed by atoms with E-state index in [2.05, 4.69) is 9.88 Å². The maximum Gasteiger partial charge on any atom is 0.226 e. The van der Waals surface area contributed by atoms with Crippen LogP contribution in [0.1, 0.15) is 35.6 Å². The van der Waals surface area contributed by atoms with Crippen molar-refractivity contribution < 1.29 is 9.53 Å². The van der Waals surface area contributed by atoms with Crippen molar-refractivity contribution in [2.24, 2.45) is 0 Å². The Hall–Kier alpha value is -1.63. The summed E-state index contributed by atoms with van der Waals surface area (Å²) in [5.41, 5.74) is 0.148. The van der Waals surface area contributed by atoms with Crippen molar-refractivity contribution in [2.45, 2.75) is 44.7 Å². The summed E-state index contributed by atoms with van der Waals surface area (Å²) in [6.07, 6.45) is 5.78. The Labute approximate surface area is 175 Å². The fraction of sp³-hybridized carbons (Fsp3) is 0.524. The molecule has 2 aromatic rings. The van der Waals surface area contributed by atoms with Crippen molar-refractivity contribution in [3.8, 4) is 5.75 Å². The zero-order chi connectivity index (χ0) is 19.6. The third-order valence-electron chi connectivity index (χ3n) is 5.85. The van der Waals surface area contributed by atoms with Gasteiger partial charge in [0.25, 0.3) is 0 Å². The number of para-hydroxylation sites is 1. The van der Waals surface area contributed by atoms with Crippen molar-refractivity contribution in [3.63, 3.8) is 0 Å². The van der Waals surface area contributed by atoms with Crippen LogP contribution in [0.15, 0.2) is 30.5 Å². The van der Waals surface area contributed by atoms with Gasteiger partial charge in [0.1, 0.15) is 5.75 Å². The number of halogens is 1. The zero-order valence-corrected chi connectivity index (χ0v) is 17.8. The number of amides is 1. The number of aromatic nitrogens is 1. The summed E-state index contributed by atoms with van der Waals surface area (Å²) < 4.78 is 5.70. The highest BCUT2D eigenvalue weighted by Gasteiger charge is 2.47. The van der Waals surface area contributed by atoms with Crippen LogP contribution in [0.25, 0.3) is 0 Å². The first-order valence-electron chi connectivity index (χ1n) is 9.87. The van der Waals surface area contributed by atoms with Gasteiger partial charge < -0.3 is 9.64 Å². The van der Waals surface area contributed by atoms with Crippen LogP contribution in [0, 0.1) is 6.92 Å². The number of carbonyl (C=O) groups is 1. The lowest BCUT2D eigenvalue weighted by Gasteiger charge is -2.57. The molecule has 7 heteroatoms. The highest BCUT2D eigenvalue weighted by molar-refractivity contribution is 7.11.